The van der Waals surface area contributed by atoms with Crippen LogP contribution in [0.25, 0.3) is 11.5 Å². The summed E-state index contributed by atoms with van der Waals surface area (Å²) in [6.45, 7) is 5.78. The van der Waals surface area contributed by atoms with Crippen LogP contribution in [0.4, 0.5) is 0 Å². The van der Waals surface area contributed by atoms with Crippen LogP contribution in [0.2, 0.25) is 5.02 Å². The number of thioether (sulfide) groups is 1. The SMILES string of the molecule is C=C(C)CSc1nnc(-c2cccc(Cl)c2)o1. The fourth-order valence-electron chi connectivity index (χ4n) is 1.19. The fourth-order valence-corrected chi connectivity index (χ4v) is 1.99. The molecule has 3 nitrogen and oxygen atoms in total. The lowest BCUT2D eigenvalue weighted by Gasteiger charge is -1.95. The second-order valence-electron chi connectivity index (χ2n) is 3.63. The van der Waals surface area contributed by atoms with Crippen LogP contribution in [-0.4, -0.2) is 16.0 Å². The van der Waals surface area contributed by atoms with Gasteiger partial charge in [-0.05, 0) is 25.1 Å². The van der Waals surface area contributed by atoms with Crippen molar-refractivity contribution in [2.45, 2.75) is 12.1 Å². The van der Waals surface area contributed by atoms with Gasteiger partial charge in [0.25, 0.3) is 5.22 Å². The molecule has 0 spiro atoms. The van der Waals surface area contributed by atoms with Gasteiger partial charge < -0.3 is 4.42 Å². The van der Waals surface area contributed by atoms with E-state index in [-0.39, 0.29) is 0 Å². The van der Waals surface area contributed by atoms with E-state index in [4.69, 9.17) is 16.0 Å². The van der Waals surface area contributed by atoms with Crippen molar-refractivity contribution in [1.29, 1.82) is 0 Å². The first kappa shape index (κ1) is 12.2. The smallest absolute Gasteiger partial charge is 0.277 e. The van der Waals surface area contributed by atoms with Gasteiger partial charge in [0, 0.05) is 16.3 Å². The van der Waals surface area contributed by atoms with Crippen molar-refractivity contribution in [2.24, 2.45) is 0 Å². The van der Waals surface area contributed by atoms with Crippen LogP contribution in [-0.2, 0) is 0 Å². The van der Waals surface area contributed by atoms with Crippen molar-refractivity contribution in [3.05, 3.63) is 41.4 Å². The summed E-state index contributed by atoms with van der Waals surface area (Å²) in [5, 5.41) is 9.13. The number of aromatic nitrogens is 2. The summed E-state index contributed by atoms with van der Waals surface area (Å²) >= 11 is 7.37. The lowest BCUT2D eigenvalue weighted by molar-refractivity contribution is 0.466. The largest absolute Gasteiger partial charge is 0.411 e. The molecule has 0 aliphatic heterocycles. The Morgan fingerprint density at radius 3 is 3.00 bits per heavy atom. The highest BCUT2D eigenvalue weighted by atomic mass is 35.5. The first-order valence-corrected chi connectivity index (χ1v) is 6.38. The molecule has 1 aromatic carbocycles. The topological polar surface area (TPSA) is 38.9 Å². The van der Waals surface area contributed by atoms with Crippen molar-refractivity contribution in [2.75, 3.05) is 5.75 Å². The third-order valence-corrected chi connectivity index (χ3v) is 3.20. The lowest BCUT2D eigenvalue weighted by atomic mass is 10.2. The molecule has 1 heterocycles. The molecule has 0 aliphatic carbocycles. The molecule has 2 rings (SSSR count). The van der Waals surface area contributed by atoms with Crippen LogP contribution < -0.4 is 0 Å². The number of benzene rings is 1. The molecule has 0 atom stereocenters. The zero-order chi connectivity index (χ0) is 12.3. The van der Waals surface area contributed by atoms with E-state index >= 15 is 0 Å². The van der Waals surface area contributed by atoms with Gasteiger partial charge in [0.15, 0.2) is 0 Å². The molecule has 0 bridgehead atoms. The highest BCUT2D eigenvalue weighted by molar-refractivity contribution is 7.99. The minimum Gasteiger partial charge on any atom is -0.411 e. The first-order chi connectivity index (χ1) is 8.15. The van der Waals surface area contributed by atoms with Crippen LogP contribution >= 0.6 is 23.4 Å². The molecule has 0 radical (unpaired) electrons. The van der Waals surface area contributed by atoms with Crippen LogP contribution in [0.5, 0.6) is 0 Å². The van der Waals surface area contributed by atoms with Crippen molar-refractivity contribution < 1.29 is 4.42 Å². The summed E-state index contributed by atoms with van der Waals surface area (Å²) < 4.78 is 5.52. The molecule has 5 heteroatoms. The Kier molecular flexibility index (Phi) is 3.86. The van der Waals surface area contributed by atoms with Gasteiger partial charge in [-0.15, -0.1) is 10.2 Å². The van der Waals surface area contributed by atoms with E-state index in [0.717, 1.165) is 16.9 Å². The molecule has 0 saturated carbocycles. The third-order valence-electron chi connectivity index (χ3n) is 1.92. The highest BCUT2D eigenvalue weighted by Gasteiger charge is 2.09. The van der Waals surface area contributed by atoms with Gasteiger partial charge in [-0.25, -0.2) is 0 Å². The molecule has 0 amide bonds. The molecule has 88 valence electrons. The van der Waals surface area contributed by atoms with E-state index < -0.39 is 0 Å². The molecular weight excluding hydrogens is 256 g/mol. The molecule has 0 N–H and O–H groups in total. The fraction of sp³-hybridized carbons (Fsp3) is 0.167. The number of hydrogen-bond donors (Lipinski definition) is 0. The molecular formula is C12H11ClN2OS. The van der Waals surface area contributed by atoms with E-state index in [2.05, 4.69) is 16.8 Å². The monoisotopic (exact) mass is 266 g/mol. The summed E-state index contributed by atoms with van der Waals surface area (Å²) in [5.41, 5.74) is 1.89. The zero-order valence-electron chi connectivity index (χ0n) is 9.31. The standard InChI is InChI=1S/C12H11ClN2OS/c1-8(2)7-17-12-15-14-11(16-12)9-4-3-5-10(13)6-9/h3-6H,1,7H2,2H3. The minimum atomic E-state index is 0.483. The molecule has 1 aromatic heterocycles. The lowest BCUT2D eigenvalue weighted by Crippen LogP contribution is -1.78. The van der Waals surface area contributed by atoms with Gasteiger partial charge in [-0.3, -0.25) is 0 Å². The van der Waals surface area contributed by atoms with E-state index in [9.17, 15) is 0 Å². The summed E-state index contributed by atoms with van der Waals surface area (Å²) in [7, 11) is 0. The van der Waals surface area contributed by atoms with Crippen molar-refractivity contribution in [3.8, 4) is 11.5 Å². The summed E-state index contributed by atoms with van der Waals surface area (Å²) in [6.07, 6.45) is 0. The van der Waals surface area contributed by atoms with Crippen LogP contribution in [0, 0.1) is 0 Å². The second-order valence-corrected chi connectivity index (χ2v) is 4.99. The van der Waals surface area contributed by atoms with Crippen LogP contribution in [0.15, 0.2) is 46.1 Å². The van der Waals surface area contributed by atoms with Gasteiger partial charge in [0.05, 0.1) is 0 Å². The van der Waals surface area contributed by atoms with Gasteiger partial charge >= 0.3 is 0 Å². The Morgan fingerprint density at radius 2 is 2.29 bits per heavy atom. The number of nitrogens with zero attached hydrogens (tertiary/aromatic N) is 2. The number of rotatable bonds is 4. The summed E-state index contributed by atoms with van der Waals surface area (Å²) in [5.74, 6) is 1.26. The molecule has 2 aromatic rings. The minimum absolute atomic E-state index is 0.483. The molecule has 17 heavy (non-hydrogen) atoms. The molecule has 0 aliphatic rings. The molecule has 0 fully saturated rings. The maximum atomic E-state index is 5.90. The number of hydrogen-bond acceptors (Lipinski definition) is 4. The van der Waals surface area contributed by atoms with E-state index in [1.54, 1.807) is 12.1 Å². The van der Waals surface area contributed by atoms with Crippen molar-refractivity contribution >= 4 is 23.4 Å². The molecule has 0 unspecified atom stereocenters. The predicted molar refractivity (Wildman–Crippen MR) is 70.3 cm³/mol. The maximum absolute atomic E-state index is 5.90. The normalized spacial score (nSPS) is 10.5. The average Bonchev–Trinajstić information content (AvgIpc) is 2.75. The van der Waals surface area contributed by atoms with Gasteiger partial charge in [0.1, 0.15) is 0 Å². The Balaban J connectivity index is 2.15. The van der Waals surface area contributed by atoms with Gasteiger partial charge in [-0.2, -0.15) is 0 Å². The first-order valence-electron chi connectivity index (χ1n) is 5.02. The molecule has 0 saturated heterocycles. The van der Waals surface area contributed by atoms with Crippen LogP contribution in [0.3, 0.4) is 0 Å². The highest BCUT2D eigenvalue weighted by Crippen LogP contribution is 2.25. The third kappa shape index (κ3) is 3.35. The zero-order valence-corrected chi connectivity index (χ0v) is 10.9. The van der Waals surface area contributed by atoms with Crippen molar-refractivity contribution in [1.82, 2.24) is 10.2 Å². The Bertz CT molecular complexity index is 539. The summed E-state index contributed by atoms with van der Waals surface area (Å²) in [4.78, 5) is 0. The van der Waals surface area contributed by atoms with Gasteiger partial charge in [-0.1, -0.05) is 41.6 Å². The van der Waals surface area contributed by atoms with Gasteiger partial charge in [0.2, 0.25) is 5.89 Å². The Morgan fingerprint density at radius 1 is 1.47 bits per heavy atom. The summed E-state index contributed by atoms with van der Waals surface area (Å²) in [6, 6.07) is 7.33. The number of halogens is 1. The van der Waals surface area contributed by atoms with Crippen molar-refractivity contribution in [3.63, 3.8) is 0 Å². The predicted octanol–water partition coefficient (Wildman–Crippen LogP) is 4.06. The van der Waals surface area contributed by atoms with E-state index in [0.29, 0.717) is 16.1 Å². The van der Waals surface area contributed by atoms with Crippen LogP contribution in [0.1, 0.15) is 6.92 Å². The second kappa shape index (κ2) is 5.38. The maximum Gasteiger partial charge on any atom is 0.277 e. The Hall–Kier alpha value is -1.26. The average molecular weight is 267 g/mol. The Labute approximate surface area is 109 Å². The van der Waals surface area contributed by atoms with E-state index in [1.807, 2.05) is 19.1 Å². The quantitative estimate of drug-likeness (QED) is 0.618. The van der Waals surface area contributed by atoms with E-state index in [1.165, 1.54) is 11.8 Å².